The summed E-state index contributed by atoms with van der Waals surface area (Å²) in [5.74, 6) is -0.00352. The van der Waals surface area contributed by atoms with E-state index in [1.165, 1.54) is 6.20 Å². The van der Waals surface area contributed by atoms with Crippen LogP contribution in [-0.4, -0.2) is 21.2 Å². The largest absolute Gasteiger partial charge is 0.292 e. The molecule has 0 unspecified atom stereocenters. The van der Waals surface area contributed by atoms with Gasteiger partial charge in [0.15, 0.2) is 5.78 Å². The van der Waals surface area contributed by atoms with Gasteiger partial charge in [0.2, 0.25) is 0 Å². The van der Waals surface area contributed by atoms with Crippen molar-refractivity contribution in [2.75, 3.05) is 0 Å². The van der Waals surface area contributed by atoms with Crippen LogP contribution < -0.4 is 0 Å². The van der Waals surface area contributed by atoms with Crippen molar-refractivity contribution in [3.63, 3.8) is 0 Å². The second-order valence-electron chi connectivity index (χ2n) is 2.53. The average Bonchev–Trinajstić information content (AvgIpc) is 2.74. The number of ketones is 1. The quantitative estimate of drug-likeness (QED) is 0.747. The second-order valence-corrected chi connectivity index (χ2v) is 3.57. The lowest BCUT2D eigenvalue weighted by atomic mass is 10.2. The van der Waals surface area contributed by atoms with Gasteiger partial charge in [0.25, 0.3) is 0 Å². The fourth-order valence-electron chi connectivity index (χ4n) is 0.998. The van der Waals surface area contributed by atoms with Crippen molar-refractivity contribution in [3.8, 4) is 0 Å². The number of Topliss-reactive ketones (excluding diaryl/α,β-unsaturated/α-hetero) is 1. The Morgan fingerprint density at radius 1 is 1.62 bits per heavy atom. The number of aromatic amines is 1. The van der Waals surface area contributed by atoms with Crippen molar-refractivity contribution >= 4 is 17.1 Å². The number of carbonyl (C=O) groups excluding carboxylic acids is 1. The zero-order chi connectivity index (χ0) is 9.10. The zero-order valence-corrected chi connectivity index (χ0v) is 7.54. The lowest BCUT2D eigenvalue weighted by molar-refractivity contribution is 0.0989. The van der Waals surface area contributed by atoms with Crippen LogP contribution in [0.4, 0.5) is 0 Å². The molecule has 0 fully saturated rings. The molecule has 0 saturated heterocycles. The van der Waals surface area contributed by atoms with E-state index in [0.717, 1.165) is 4.88 Å². The molecule has 13 heavy (non-hydrogen) atoms. The predicted molar refractivity (Wildman–Crippen MR) is 48.7 cm³/mol. The van der Waals surface area contributed by atoms with Gasteiger partial charge in [0.05, 0.1) is 6.20 Å². The fourth-order valence-corrected chi connectivity index (χ4v) is 1.70. The lowest BCUT2D eigenvalue weighted by Gasteiger charge is -1.91. The van der Waals surface area contributed by atoms with Crippen molar-refractivity contribution in [1.29, 1.82) is 0 Å². The van der Waals surface area contributed by atoms with Gasteiger partial charge >= 0.3 is 0 Å². The first-order valence-corrected chi connectivity index (χ1v) is 4.65. The molecule has 2 aromatic heterocycles. The van der Waals surface area contributed by atoms with E-state index in [9.17, 15) is 4.79 Å². The third kappa shape index (κ3) is 1.81. The molecule has 0 radical (unpaired) electrons. The molecular weight excluding hydrogens is 186 g/mol. The molecule has 5 heteroatoms. The smallest absolute Gasteiger partial charge is 0.189 e. The summed E-state index contributed by atoms with van der Waals surface area (Å²) in [6.07, 6.45) is 1.85. The summed E-state index contributed by atoms with van der Waals surface area (Å²) in [6.45, 7) is 0. The molecule has 0 aliphatic carbocycles. The van der Waals surface area contributed by atoms with Gasteiger partial charge < -0.3 is 0 Å². The van der Waals surface area contributed by atoms with Gasteiger partial charge in [-0.2, -0.15) is 15.4 Å². The molecule has 4 nitrogen and oxygen atoms in total. The predicted octanol–water partition coefficient (Wildman–Crippen LogP) is 1.29. The van der Waals surface area contributed by atoms with E-state index in [2.05, 4.69) is 15.4 Å². The van der Waals surface area contributed by atoms with Crippen LogP contribution in [0.25, 0.3) is 0 Å². The van der Waals surface area contributed by atoms with Crippen LogP contribution in [0.5, 0.6) is 0 Å². The molecule has 0 aliphatic rings. The van der Waals surface area contributed by atoms with Crippen molar-refractivity contribution in [3.05, 3.63) is 34.3 Å². The van der Waals surface area contributed by atoms with Crippen LogP contribution in [-0.2, 0) is 6.42 Å². The topological polar surface area (TPSA) is 58.6 Å². The number of nitrogens with zero attached hydrogens (tertiary/aromatic N) is 2. The molecule has 1 N–H and O–H groups in total. The van der Waals surface area contributed by atoms with Crippen molar-refractivity contribution < 1.29 is 4.79 Å². The molecule has 0 atom stereocenters. The van der Waals surface area contributed by atoms with E-state index in [1.54, 1.807) is 11.3 Å². The van der Waals surface area contributed by atoms with E-state index in [1.807, 2.05) is 17.5 Å². The van der Waals surface area contributed by atoms with E-state index < -0.39 is 0 Å². The molecule has 0 amide bonds. The monoisotopic (exact) mass is 193 g/mol. The van der Waals surface area contributed by atoms with E-state index >= 15 is 0 Å². The molecule has 0 aliphatic heterocycles. The number of aromatic nitrogens is 3. The van der Waals surface area contributed by atoms with Crippen molar-refractivity contribution in [2.45, 2.75) is 6.42 Å². The van der Waals surface area contributed by atoms with Gasteiger partial charge in [-0.3, -0.25) is 4.79 Å². The average molecular weight is 193 g/mol. The highest BCUT2D eigenvalue weighted by Gasteiger charge is 2.09. The molecule has 2 aromatic rings. The molecule has 0 bridgehead atoms. The maximum Gasteiger partial charge on any atom is 0.189 e. The summed E-state index contributed by atoms with van der Waals surface area (Å²) in [5.41, 5.74) is 0.397. The summed E-state index contributed by atoms with van der Waals surface area (Å²) in [7, 11) is 0. The van der Waals surface area contributed by atoms with Crippen LogP contribution in [0.1, 0.15) is 15.4 Å². The number of H-pyrrole nitrogens is 1. The highest BCUT2D eigenvalue weighted by atomic mass is 32.1. The SMILES string of the molecule is O=C(Cc1cccs1)c1cn[nH]n1. The van der Waals surface area contributed by atoms with Crippen LogP contribution in [0, 0.1) is 0 Å². The molecular formula is C8H7N3OS. The molecule has 0 spiro atoms. The lowest BCUT2D eigenvalue weighted by Crippen LogP contribution is -2.02. The van der Waals surface area contributed by atoms with Crippen LogP contribution in [0.2, 0.25) is 0 Å². The third-order valence-corrected chi connectivity index (χ3v) is 2.49. The first-order chi connectivity index (χ1) is 6.36. The van der Waals surface area contributed by atoms with Crippen LogP contribution >= 0.6 is 11.3 Å². The molecule has 0 saturated carbocycles. The normalized spacial score (nSPS) is 10.2. The second kappa shape index (κ2) is 3.49. The Labute approximate surface area is 78.6 Å². The van der Waals surface area contributed by atoms with Gasteiger partial charge in [-0.1, -0.05) is 6.07 Å². The Kier molecular flexibility index (Phi) is 2.18. The number of nitrogens with one attached hydrogen (secondary N) is 1. The summed E-state index contributed by atoms with van der Waals surface area (Å²) in [6, 6.07) is 3.86. The molecule has 2 rings (SSSR count). The van der Waals surface area contributed by atoms with E-state index in [-0.39, 0.29) is 5.78 Å². The Bertz CT molecular complexity index is 379. The number of rotatable bonds is 3. The minimum Gasteiger partial charge on any atom is -0.292 e. The minimum absolute atomic E-state index is 0.00352. The highest BCUT2D eigenvalue weighted by molar-refractivity contribution is 7.10. The number of thiophene rings is 1. The first-order valence-electron chi connectivity index (χ1n) is 3.77. The van der Waals surface area contributed by atoms with Crippen molar-refractivity contribution in [2.24, 2.45) is 0 Å². The number of hydrogen-bond acceptors (Lipinski definition) is 4. The van der Waals surface area contributed by atoms with Gasteiger partial charge in [-0.25, -0.2) is 0 Å². The van der Waals surface area contributed by atoms with Gasteiger partial charge in [0.1, 0.15) is 5.69 Å². The number of carbonyl (C=O) groups is 1. The molecule has 2 heterocycles. The van der Waals surface area contributed by atoms with Crippen LogP contribution in [0.15, 0.2) is 23.7 Å². The van der Waals surface area contributed by atoms with Gasteiger partial charge in [0, 0.05) is 11.3 Å². The van der Waals surface area contributed by atoms with Crippen molar-refractivity contribution in [1.82, 2.24) is 15.4 Å². The maximum absolute atomic E-state index is 11.5. The molecule has 0 aromatic carbocycles. The highest BCUT2D eigenvalue weighted by Crippen LogP contribution is 2.11. The Hall–Kier alpha value is -1.49. The summed E-state index contributed by atoms with van der Waals surface area (Å²) >= 11 is 1.57. The molecule has 66 valence electrons. The summed E-state index contributed by atoms with van der Waals surface area (Å²) in [5, 5.41) is 11.7. The van der Waals surface area contributed by atoms with Gasteiger partial charge in [-0.15, -0.1) is 11.3 Å². The Morgan fingerprint density at radius 2 is 2.54 bits per heavy atom. The maximum atomic E-state index is 11.5. The standard InChI is InChI=1S/C8H7N3OS/c12-8(7-5-9-11-10-7)4-6-2-1-3-13-6/h1-3,5H,4H2,(H,9,10,11). The third-order valence-electron chi connectivity index (χ3n) is 1.62. The first kappa shape index (κ1) is 8.12. The summed E-state index contributed by atoms with van der Waals surface area (Å²) < 4.78 is 0. The number of hydrogen-bond donors (Lipinski definition) is 1. The fraction of sp³-hybridized carbons (Fsp3) is 0.125. The Balaban J connectivity index is 2.08. The van der Waals surface area contributed by atoms with Gasteiger partial charge in [-0.05, 0) is 11.4 Å². The summed E-state index contributed by atoms with van der Waals surface area (Å²) in [4.78, 5) is 12.5. The Morgan fingerprint density at radius 3 is 3.15 bits per heavy atom. The minimum atomic E-state index is -0.00352. The van der Waals surface area contributed by atoms with Crippen LogP contribution in [0.3, 0.4) is 0 Å². The zero-order valence-electron chi connectivity index (χ0n) is 6.73. The van der Waals surface area contributed by atoms with E-state index in [4.69, 9.17) is 0 Å². The van der Waals surface area contributed by atoms with E-state index in [0.29, 0.717) is 12.1 Å².